The first kappa shape index (κ1) is 18.2. The number of benzene rings is 2. The molecule has 1 unspecified atom stereocenters. The van der Waals surface area contributed by atoms with Gasteiger partial charge in [-0.05, 0) is 35.8 Å². The molecule has 1 N–H and O–H groups in total. The Kier molecular flexibility index (Phi) is 4.79. The van der Waals surface area contributed by atoms with Crippen LogP contribution in [0.4, 0.5) is 0 Å². The van der Waals surface area contributed by atoms with Gasteiger partial charge in [-0.2, -0.15) is 0 Å². The summed E-state index contributed by atoms with van der Waals surface area (Å²) in [5.74, 6) is 1.72. The predicted octanol–water partition coefficient (Wildman–Crippen LogP) is 2.73. The van der Waals surface area contributed by atoms with Crippen molar-refractivity contribution >= 4 is 5.91 Å². The lowest BCUT2D eigenvalue weighted by Crippen LogP contribution is -2.44. The number of carbonyl (C=O) groups excluding carboxylic acids is 1. The Morgan fingerprint density at radius 1 is 1.07 bits per heavy atom. The van der Waals surface area contributed by atoms with E-state index in [4.69, 9.17) is 0 Å². The molecule has 1 aliphatic carbocycles. The molecule has 4 atom stereocenters. The van der Waals surface area contributed by atoms with Gasteiger partial charge in [-0.25, -0.2) is 0 Å². The molecule has 2 fully saturated rings. The third-order valence-corrected chi connectivity index (χ3v) is 6.28. The summed E-state index contributed by atoms with van der Waals surface area (Å²) in [6, 6.07) is 19.8. The zero-order valence-corrected chi connectivity index (χ0v) is 16.1. The number of hydrogen-bond donors (Lipinski definition) is 1. The molecule has 0 radical (unpaired) electrons. The molecule has 4 heteroatoms. The van der Waals surface area contributed by atoms with Crippen LogP contribution in [-0.4, -0.2) is 47.5 Å². The predicted molar refractivity (Wildman–Crippen MR) is 106 cm³/mol. The van der Waals surface area contributed by atoms with E-state index in [1.165, 1.54) is 5.56 Å². The first-order valence-corrected chi connectivity index (χ1v) is 9.76. The summed E-state index contributed by atoms with van der Waals surface area (Å²) in [4.78, 5) is 17.1. The molecule has 2 aromatic rings. The molecule has 2 aliphatic rings. The van der Waals surface area contributed by atoms with Gasteiger partial charge < -0.3 is 10.0 Å². The van der Waals surface area contributed by atoms with Gasteiger partial charge in [0, 0.05) is 33.2 Å². The molecule has 27 heavy (non-hydrogen) atoms. The van der Waals surface area contributed by atoms with Crippen LogP contribution in [0.25, 0.3) is 0 Å². The van der Waals surface area contributed by atoms with Gasteiger partial charge in [-0.3, -0.25) is 9.69 Å². The van der Waals surface area contributed by atoms with E-state index in [0.717, 1.165) is 26.2 Å². The van der Waals surface area contributed by atoms with Gasteiger partial charge in [0.2, 0.25) is 0 Å². The Labute approximate surface area is 161 Å². The number of aliphatic hydroxyl groups is 1. The van der Waals surface area contributed by atoms with Gasteiger partial charge in [0.25, 0.3) is 5.91 Å². The topological polar surface area (TPSA) is 43.8 Å². The second-order valence-corrected chi connectivity index (χ2v) is 8.30. The number of piperidine rings is 1. The van der Waals surface area contributed by atoms with Gasteiger partial charge in [0.15, 0.2) is 5.60 Å². The average Bonchev–Trinajstić information content (AvgIpc) is 3.12. The normalized spacial score (nSPS) is 26.3. The number of fused-ring (bicyclic) bond motifs is 1. The minimum absolute atomic E-state index is 0.222. The third-order valence-electron chi connectivity index (χ3n) is 6.28. The molecule has 1 saturated heterocycles. The van der Waals surface area contributed by atoms with E-state index in [1.807, 2.05) is 25.2 Å². The largest absolute Gasteiger partial charge is 0.376 e. The Morgan fingerprint density at radius 2 is 1.63 bits per heavy atom. The number of carbonyl (C=O) groups is 1. The summed E-state index contributed by atoms with van der Waals surface area (Å²) in [5, 5.41) is 10.8. The van der Waals surface area contributed by atoms with Crippen molar-refractivity contribution < 1.29 is 9.90 Å². The minimum Gasteiger partial charge on any atom is -0.376 e. The van der Waals surface area contributed by atoms with Crippen molar-refractivity contribution in [1.82, 2.24) is 9.80 Å². The quantitative estimate of drug-likeness (QED) is 0.857. The van der Waals surface area contributed by atoms with E-state index in [9.17, 15) is 9.90 Å². The van der Waals surface area contributed by atoms with Crippen molar-refractivity contribution in [3.63, 3.8) is 0 Å². The zero-order valence-electron chi connectivity index (χ0n) is 16.1. The second-order valence-electron chi connectivity index (χ2n) is 8.30. The van der Waals surface area contributed by atoms with Crippen LogP contribution in [0.1, 0.15) is 18.1 Å². The van der Waals surface area contributed by atoms with Crippen LogP contribution in [-0.2, 0) is 16.9 Å². The lowest BCUT2D eigenvalue weighted by molar-refractivity contribution is -0.149. The summed E-state index contributed by atoms with van der Waals surface area (Å²) in [6.45, 7) is 5.56. The van der Waals surface area contributed by atoms with Crippen LogP contribution in [0, 0.1) is 17.8 Å². The molecule has 1 saturated carbocycles. The van der Waals surface area contributed by atoms with E-state index in [-0.39, 0.29) is 5.91 Å². The molecule has 0 spiro atoms. The van der Waals surface area contributed by atoms with Crippen LogP contribution in [0.3, 0.4) is 0 Å². The number of hydrogen-bond acceptors (Lipinski definition) is 3. The van der Waals surface area contributed by atoms with E-state index < -0.39 is 5.60 Å². The smallest absolute Gasteiger partial charge is 0.258 e. The van der Waals surface area contributed by atoms with Gasteiger partial charge in [-0.1, -0.05) is 60.7 Å². The maximum absolute atomic E-state index is 12.8. The fourth-order valence-corrected chi connectivity index (χ4v) is 4.64. The monoisotopic (exact) mass is 364 g/mol. The maximum atomic E-state index is 12.8. The lowest BCUT2D eigenvalue weighted by Gasteiger charge is -2.29. The van der Waals surface area contributed by atoms with Gasteiger partial charge in [0.1, 0.15) is 0 Å². The molecule has 1 heterocycles. The van der Waals surface area contributed by atoms with Gasteiger partial charge in [0.05, 0.1) is 0 Å². The molecule has 1 aliphatic heterocycles. The maximum Gasteiger partial charge on any atom is 0.258 e. The van der Waals surface area contributed by atoms with Crippen molar-refractivity contribution in [2.24, 2.45) is 17.8 Å². The van der Waals surface area contributed by atoms with Crippen LogP contribution in [0.15, 0.2) is 60.7 Å². The summed E-state index contributed by atoms with van der Waals surface area (Å²) in [7, 11) is 1.82. The lowest BCUT2D eigenvalue weighted by atomic mass is 9.94. The molecule has 4 nitrogen and oxygen atoms in total. The van der Waals surface area contributed by atoms with E-state index >= 15 is 0 Å². The first-order chi connectivity index (χ1) is 13.0. The summed E-state index contributed by atoms with van der Waals surface area (Å²) in [5.41, 5.74) is 0.535. The molecular weight excluding hydrogens is 336 g/mol. The highest BCUT2D eigenvalue weighted by atomic mass is 16.3. The highest BCUT2D eigenvalue weighted by Crippen LogP contribution is 2.52. The van der Waals surface area contributed by atoms with Crippen molar-refractivity contribution in [3.05, 3.63) is 71.8 Å². The van der Waals surface area contributed by atoms with Crippen LogP contribution in [0.2, 0.25) is 0 Å². The van der Waals surface area contributed by atoms with Crippen molar-refractivity contribution in [2.45, 2.75) is 19.1 Å². The Morgan fingerprint density at radius 3 is 2.22 bits per heavy atom. The van der Waals surface area contributed by atoms with E-state index in [1.54, 1.807) is 24.0 Å². The number of likely N-dealkylation sites (tertiary alicyclic amines) is 1. The third kappa shape index (κ3) is 3.64. The summed E-state index contributed by atoms with van der Waals surface area (Å²) >= 11 is 0. The van der Waals surface area contributed by atoms with Crippen LogP contribution < -0.4 is 0 Å². The van der Waals surface area contributed by atoms with Crippen LogP contribution in [0.5, 0.6) is 0 Å². The van der Waals surface area contributed by atoms with Crippen molar-refractivity contribution in [3.8, 4) is 0 Å². The second kappa shape index (κ2) is 7.10. The molecule has 142 valence electrons. The van der Waals surface area contributed by atoms with Gasteiger partial charge in [-0.15, -0.1) is 0 Å². The average molecular weight is 364 g/mol. The van der Waals surface area contributed by atoms with Crippen LogP contribution >= 0.6 is 0 Å². The SMILES string of the molecule is CN(CC1[C@H]2CN(Cc3ccccc3)C[C@@H]12)C(=O)[C@@](C)(O)c1ccccc1. The number of likely N-dealkylation sites (N-methyl/N-ethyl adjacent to an activating group) is 1. The number of amides is 1. The fraction of sp³-hybridized carbons (Fsp3) is 0.435. The van der Waals surface area contributed by atoms with E-state index in [0.29, 0.717) is 23.3 Å². The van der Waals surface area contributed by atoms with Crippen molar-refractivity contribution in [2.75, 3.05) is 26.7 Å². The molecule has 4 rings (SSSR count). The standard InChI is InChI=1S/C23H28N2O2/c1-23(27,18-11-7-4-8-12-18)22(26)24(2)14-19-20-15-25(16-21(19)20)13-17-9-5-3-6-10-17/h3-12,19-21,27H,13-16H2,1-2H3/t19?,20-,21+,23-/m0/s1. The van der Waals surface area contributed by atoms with Gasteiger partial charge >= 0.3 is 0 Å². The van der Waals surface area contributed by atoms with E-state index in [2.05, 4.69) is 35.2 Å². The molecular formula is C23H28N2O2. The molecule has 0 bridgehead atoms. The Balaban J connectivity index is 1.30. The Hall–Kier alpha value is -2.17. The number of nitrogens with zero attached hydrogens (tertiary/aromatic N) is 2. The first-order valence-electron chi connectivity index (χ1n) is 9.76. The van der Waals surface area contributed by atoms with Crippen molar-refractivity contribution in [1.29, 1.82) is 0 Å². The minimum atomic E-state index is -1.47. The fourth-order valence-electron chi connectivity index (χ4n) is 4.64. The highest BCUT2D eigenvalue weighted by Gasteiger charge is 2.56. The Bertz CT molecular complexity index is 779. The molecule has 1 amide bonds. The zero-order chi connectivity index (χ0) is 19.0. The summed E-state index contributed by atoms with van der Waals surface area (Å²) < 4.78 is 0. The summed E-state index contributed by atoms with van der Waals surface area (Å²) in [6.07, 6.45) is 0. The molecule has 2 aromatic carbocycles. The molecule has 0 aromatic heterocycles. The highest BCUT2D eigenvalue weighted by molar-refractivity contribution is 5.85. The number of rotatable bonds is 6.